The Morgan fingerprint density at radius 2 is 2.00 bits per heavy atom. The van der Waals surface area contributed by atoms with Gasteiger partial charge in [-0.2, -0.15) is 0 Å². The molecule has 2 N–H and O–H groups in total. The maximum absolute atomic E-state index is 12.4. The molecule has 138 valence electrons. The predicted molar refractivity (Wildman–Crippen MR) is 94.3 cm³/mol. The summed E-state index contributed by atoms with van der Waals surface area (Å²) in [6, 6.07) is 4.17. The molecule has 25 heavy (non-hydrogen) atoms. The topological polar surface area (TPSA) is 119 Å². The summed E-state index contributed by atoms with van der Waals surface area (Å²) in [7, 11) is -7.33. The van der Waals surface area contributed by atoms with Crippen LogP contribution in [0.5, 0.6) is 0 Å². The normalized spacial score (nSPS) is 15.5. The first-order valence-corrected chi connectivity index (χ1v) is 10.9. The van der Waals surface area contributed by atoms with Gasteiger partial charge in [0.2, 0.25) is 19.9 Å². The van der Waals surface area contributed by atoms with E-state index in [1.54, 1.807) is 13.8 Å². The minimum Gasteiger partial charge on any atom is -0.466 e. The molecule has 2 rings (SSSR count). The van der Waals surface area contributed by atoms with E-state index in [1.165, 1.54) is 18.2 Å². The largest absolute Gasteiger partial charge is 0.466 e. The molecule has 8 nitrogen and oxygen atoms in total. The van der Waals surface area contributed by atoms with Crippen LogP contribution < -0.4 is 10.0 Å². The minimum absolute atomic E-state index is 0.0569. The van der Waals surface area contributed by atoms with Gasteiger partial charge in [0.15, 0.2) is 0 Å². The average Bonchev–Trinajstić information content (AvgIpc) is 2.47. The number of esters is 1. The summed E-state index contributed by atoms with van der Waals surface area (Å²) >= 11 is 0. The summed E-state index contributed by atoms with van der Waals surface area (Å²) in [5.41, 5.74) is 0.644. The molecule has 1 aliphatic heterocycles. The fourth-order valence-corrected chi connectivity index (χ4v) is 4.82. The van der Waals surface area contributed by atoms with Crippen molar-refractivity contribution in [3.05, 3.63) is 29.3 Å². The molecule has 0 radical (unpaired) electrons. The molecule has 0 saturated carbocycles. The van der Waals surface area contributed by atoms with Gasteiger partial charge in [-0.1, -0.05) is 6.92 Å². The zero-order valence-electron chi connectivity index (χ0n) is 13.9. The number of sulfone groups is 1. The first-order valence-electron chi connectivity index (χ1n) is 7.69. The maximum Gasteiger partial charge on any atom is 0.311 e. The van der Waals surface area contributed by atoms with Crippen LogP contribution in [0.25, 0.3) is 0 Å². The molecule has 0 bridgehead atoms. The van der Waals surface area contributed by atoms with Gasteiger partial charge in [0, 0.05) is 11.4 Å². The van der Waals surface area contributed by atoms with Gasteiger partial charge in [0.1, 0.15) is 0 Å². The molecule has 0 saturated heterocycles. The second-order valence-corrected chi connectivity index (χ2v) is 9.03. The van der Waals surface area contributed by atoms with Gasteiger partial charge in [-0.3, -0.25) is 9.52 Å². The lowest BCUT2D eigenvalue weighted by Crippen LogP contribution is -2.19. The van der Waals surface area contributed by atoms with Crippen molar-refractivity contribution in [2.24, 2.45) is 0 Å². The summed E-state index contributed by atoms with van der Waals surface area (Å²) in [5, 5.41) is 3.82. The van der Waals surface area contributed by atoms with E-state index >= 15 is 0 Å². The highest BCUT2D eigenvalue weighted by Crippen LogP contribution is 2.33. The lowest BCUT2D eigenvalue weighted by Gasteiger charge is -2.20. The monoisotopic (exact) mass is 388 g/mol. The Balaban J connectivity index is 2.29. The molecule has 0 amide bonds. The van der Waals surface area contributed by atoms with Crippen molar-refractivity contribution >= 4 is 37.2 Å². The summed E-state index contributed by atoms with van der Waals surface area (Å²) in [4.78, 5) is 11.5. The number of fused-ring (bicyclic) bond motifs is 1. The molecule has 1 aliphatic rings. The van der Waals surface area contributed by atoms with Crippen molar-refractivity contribution in [3.63, 3.8) is 0 Å². The molecule has 1 aromatic rings. The standard InChI is InChI=1S/C15H20N2O6S2/c1-3-7-25(21,22)17-11-5-6-13-14(8-11)24(19,20)10-12(16-13)9-15(18)23-4-2/h5-6,8,10,16-17H,3-4,7,9H2,1-2H3. The van der Waals surface area contributed by atoms with Crippen LogP contribution in [0, 0.1) is 0 Å². The number of rotatable bonds is 7. The van der Waals surface area contributed by atoms with E-state index in [2.05, 4.69) is 10.0 Å². The smallest absolute Gasteiger partial charge is 0.311 e. The van der Waals surface area contributed by atoms with Gasteiger partial charge in [-0.25, -0.2) is 16.8 Å². The Labute approximate surface area is 147 Å². The van der Waals surface area contributed by atoms with Crippen LogP contribution in [0.4, 0.5) is 11.4 Å². The average molecular weight is 388 g/mol. The van der Waals surface area contributed by atoms with Crippen LogP contribution in [-0.2, 0) is 29.4 Å². The number of benzene rings is 1. The van der Waals surface area contributed by atoms with E-state index in [-0.39, 0.29) is 40.7 Å². The number of ether oxygens (including phenoxy) is 1. The number of carbonyl (C=O) groups is 1. The van der Waals surface area contributed by atoms with Crippen LogP contribution in [0.3, 0.4) is 0 Å². The van der Waals surface area contributed by atoms with Gasteiger partial charge >= 0.3 is 5.97 Å². The van der Waals surface area contributed by atoms with Crippen molar-refractivity contribution in [2.75, 3.05) is 22.4 Å². The number of hydrogen-bond donors (Lipinski definition) is 2. The molecule has 1 aromatic carbocycles. The second kappa shape index (κ2) is 7.44. The summed E-state index contributed by atoms with van der Waals surface area (Å²) in [5.74, 6) is -0.595. The first-order chi connectivity index (χ1) is 11.7. The van der Waals surface area contributed by atoms with Gasteiger partial charge in [-0.15, -0.1) is 0 Å². The van der Waals surface area contributed by atoms with Crippen LogP contribution in [0.1, 0.15) is 26.7 Å². The third kappa shape index (κ3) is 4.95. The van der Waals surface area contributed by atoms with E-state index in [4.69, 9.17) is 4.74 Å². The number of sulfonamides is 1. The third-order valence-corrected chi connectivity index (χ3v) is 6.31. The van der Waals surface area contributed by atoms with Gasteiger partial charge in [-0.05, 0) is 31.5 Å². The van der Waals surface area contributed by atoms with E-state index < -0.39 is 25.8 Å². The zero-order chi connectivity index (χ0) is 18.7. The predicted octanol–water partition coefficient (Wildman–Crippen LogP) is 1.83. The van der Waals surface area contributed by atoms with E-state index in [0.717, 1.165) is 5.41 Å². The SMILES string of the molecule is CCCS(=O)(=O)Nc1ccc2c(c1)S(=O)(=O)C=C(CC(=O)OCC)N2. The number of anilines is 2. The van der Waals surface area contributed by atoms with Crippen LogP contribution >= 0.6 is 0 Å². The molecule has 0 aliphatic carbocycles. The molecule has 0 fully saturated rings. The Hall–Kier alpha value is -2.07. The Bertz CT molecular complexity index is 904. The van der Waals surface area contributed by atoms with Gasteiger partial charge in [0.05, 0.1) is 34.8 Å². The summed E-state index contributed by atoms with van der Waals surface area (Å²) < 4.78 is 55.6. The highest BCUT2D eigenvalue weighted by atomic mass is 32.2. The fourth-order valence-electron chi connectivity index (χ4n) is 2.33. The molecule has 0 spiro atoms. The molecular weight excluding hydrogens is 368 g/mol. The van der Waals surface area contributed by atoms with Crippen molar-refractivity contribution in [1.29, 1.82) is 0 Å². The second-order valence-electron chi connectivity index (χ2n) is 5.43. The summed E-state index contributed by atoms with van der Waals surface area (Å²) in [6.07, 6.45) is 0.247. The molecule has 10 heteroatoms. The molecule has 0 unspecified atom stereocenters. The van der Waals surface area contributed by atoms with Gasteiger partial charge in [0.25, 0.3) is 0 Å². The van der Waals surface area contributed by atoms with Crippen LogP contribution in [0.15, 0.2) is 34.2 Å². The van der Waals surface area contributed by atoms with E-state index in [0.29, 0.717) is 6.42 Å². The number of hydrogen-bond acceptors (Lipinski definition) is 7. The van der Waals surface area contributed by atoms with E-state index in [9.17, 15) is 21.6 Å². The Morgan fingerprint density at radius 1 is 1.28 bits per heavy atom. The van der Waals surface area contributed by atoms with Gasteiger partial charge < -0.3 is 10.1 Å². The number of carbonyl (C=O) groups excluding carboxylic acids is 1. The molecule has 1 heterocycles. The lowest BCUT2D eigenvalue weighted by molar-refractivity contribution is -0.142. The molecular formula is C15H20N2O6S2. The minimum atomic E-state index is -3.81. The third-order valence-electron chi connectivity index (χ3n) is 3.27. The highest BCUT2D eigenvalue weighted by Gasteiger charge is 2.25. The van der Waals surface area contributed by atoms with Crippen LogP contribution in [0.2, 0.25) is 0 Å². The number of nitrogens with one attached hydrogen (secondary N) is 2. The van der Waals surface area contributed by atoms with Crippen molar-refractivity contribution in [3.8, 4) is 0 Å². The van der Waals surface area contributed by atoms with Crippen LogP contribution in [-0.4, -0.2) is 35.2 Å². The molecule has 0 aromatic heterocycles. The fraction of sp³-hybridized carbons (Fsp3) is 0.400. The van der Waals surface area contributed by atoms with Crippen molar-refractivity contribution < 1.29 is 26.4 Å². The zero-order valence-corrected chi connectivity index (χ0v) is 15.5. The van der Waals surface area contributed by atoms with Crippen molar-refractivity contribution in [2.45, 2.75) is 31.6 Å². The molecule has 0 atom stereocenters. The Morgan fingerprint density at radius 3 is 2.64 bits per heavy atom. The first kappa shape index (κ1) is 19.3. The van der Waals surface area contributed by atoms with E-state index in [1.807, 2.05) is 0 Å². The maximum atomic E-state index is 12.4. The lowest BCUT2D eigenvalue weighted by atomic mass is 10.2. The van der Waals surface area contributed by atoms with Crippen molar-refractivity contribution in [1.82, 2.24) is 0 Å². The quantitative estimate of drug-likeness (QED) is 0.684. The highest BCUT2D eigenvalue weighted by molar-refractivity contribution is 7.94. The Kier molecular flexibility index (Phi) is 5.73. The summed E-state index contributed by atoms with van der Waals surface area (Å²) in [6.45, 7) is 3.60.